The first-order valence-corrected chi connectivity index (χ1v) is 7.27. The number of hydrogen-bond donors (Lipinski definition) is 1. The third-order valence-corrected chi connectivity index (χ3v) is 3.90. The molecule has 110 valence electrons. The van der Waals surface area contributed by atoms with Gasteiger partial charge in [-0.1, -0.05) is 42.5 Å². The number of rotatable bonds is 2. The van der Waals surface area contributed by atoms with E-state index in [1.165, 1.54) is 5.39 Å². The van der Waals surface area contributed by atoms with Crippen molar-refractivity contribution in [3.63, 3.8) is 0 Å². The van der Waals surface area contributed by atoms with Crippen LogP contribution in [-0.2, 0) is 0 Å². The minimum atomic E-state index is -0.627. The standard InChI is InChI=1S/C19H13N3O/c20-18(23)19-21-9-8-17(22-19)15-7-3-6-14-10-12-4-1-2-5-13(12)11-16(14)15/h1-11H,(H2,20,23). The summed E-state index contributed by atoms with van der Waals surface area (Å²) in [6, 6.07) is 20.4. The Balaban J connectivity index is 2.01. The van der Waals surface area contributed by atoms with E-state index >= 15 is 0 Å². The molecule has 2 N–H and O–H groups in total. The van der Waals surface area contributed by atoms with Crippen molar-refractivity contribution in [3.8, 4) is 11.3 Å². The lowest BCUT2D eigenvalue weighted by molar-refractivity contribution is 0.0990. The van der Waals surface area contributed by atoms with E-state index in [-0.39, 0.29) is 5.82 Å². The van der Waals surface area contributed by atoms with Crippen molar-refractivity contribution in [3.05, 3.63) is 72.7 Å². The molecule has 0 fully saturated rings. The maximum absolute atomic E-state index is 11.3. The summed E-state index contributed by atoms with van der Waals surface area (Å²) in [5.74, 6) is -0.599. The highest BCUT2D eigenvalue weighted by Gasteiger charge is 2.10. The predicted octanol–water partition coefficient (Wildman–Crippen LogP) is 3.55. The quantitative estimate of drug-likeness (QED) is 0.575. The van der Waals surface area contributed by atoms with Crippen LogP contribution in [0.25, 0.3) is 32.8 Å². The first-order chi connectivity index (χ1) is 11.2. The molecule has 1 heterocycles. The molecule has 1 amide bonds. The second-order valence-electron chi connectivity index (χ2n) is 5.36. The highest BCUT2D eigenvalue weighted by molar-refractivity contribution is 6.04. The van der Waals surface area contributed by atoms with E-state index in [0.717, 1.165) is 21.7 Å². The Hall–Kier alpha value is -3.27. The molecule has 0 unspecified atom stereocenters. The van der Waals surface area contributed by atoms with Crippen LogP contribution < -0.4 is 5.73 Å². The Labute approximate surface area is 132 Å². The van der Waals surface area contributed by atoms with Crippen LogP contribution in [0.2, 0.25) is 0 Å². The monoisotopic (exact) mass is 299 g/mol. The van der Waals surface area contributed by atoms with Gasteiger partial charge in [0.15, 0.2) is 0 Å². The fourth-order valence-corrected chi connectivity index (χ4v) is 2.82. The average Bonchev–Trinajstić information content (AvgIpc) is 2.59. The topological polar surface area (TPSA) is 68.9 Å². The molecular formula is C19H13N3O. The summed E-state index contributed by atoms with van der Waals surface area (Å²) < 4.78 is 0. The van der Waals surface area contributed by atoms with E-state index in [1.54, 1.807) is 12.3 Å². The molecule has 0 bridgehead atoms. The van der Waals surface area contributed by atoms with Crippen LogP contribution in [-0.4, -0.2) is 15.9 Å². The Morgan fingerprint density at radius 1 is 0.870 bits per heavy atom. The SMILES string of the molecule is NC(=O)c1nccc(-c2cccc3cc4ccccc4cc23)n1. The number of aromatic nitrogens is 2. The first-order valence-electron chi connectivity index (χ1n) is 7.27. The minimum Gasteiger partial charge on any atom is -0.363 e. The number of carbonyl (C=O) groups excluding carboxylic acids is 1. The highest BCUT2D eigenvalue weighted by Crippen LogP contribution is 2.30. The van der Waals surface area contributed by atoms with Crippen LogP contribution in [0.4, 0.5) is 0 Å². The number of fused-ring (bicyclic) bond motifs is 2. The summed E-state index contributed by atoms with van der Waals surface area (Å²) in [6.45, 7) is 0. The van der Waals surface area contributed by atoms with Crippen molar-refractivity contribution in [1.29, 1.82) is 0 Å². The summed E-state index contributed by atoms with van der Waals surface area (Å²) >= 11 is 0. The third kappa shape index (κ3) is 2.30. The van der Waals surface area contributed by atoms with Crippen LogP contribution >= 0.6 is 0 Å². The zero-order chi connectivity index (χ0) is 15.8. The molecule has 4 heteroatoms. The number of primary amides is 1. The van der Waals surface area contributed by atoms with Crippen molar-refractivity contribution >= 4 is 27.5 Å². The Morgan fingerprint density at radius 2 is 1.61 bits per heavy atom. The highest BCUT2D eigenvalue weighted by atomic mass is 16.1. The van der Waals surface area contributed by atoms with Crippen molar-refractivity contribution in [2.45, 2.75) is 0 Å². The Kier molecular flexibility index (Phi) is 3.01. The number of benzene rings is 3. The lowest BCUT2D eigenvalue weighted by Crippen LogP contribution is -2.15. The van der Waals surface area contributed by atoms with E-state index in [4.69, 9.17) is 5.73 Å². The maximum atomic E-state index is 11.3. The summed E-state index contributed by atoms with van der Waals surface area (Å²) in [7, 11) is 0. The lowest BCUT2D eigenvalue weighted by atomic mass is 9.98. The summed E-state index contributed by atoms with van der Waals surface area (Å²) in [5, 5.41) is 4.56. The van der Waals surface area contributed by atoms with Gasteiger partial charge in [0.1, 0.15) is 0 Å². The third-order valence-electron chi connectivity index (χ3n) is 3.90. The zero-order valence-electron chi connectivity index (χ0n) is 12.2. The van der Waals surface area contributed by atoms with E-state index in [9.17, 15) is 4.79 Å². The normalized spacial score (nSPS) is 11.0. The van der Waals surface area contributed by atoms with Crippen LogP contribution in [0.1, 0.15) is 10.6 Å². The molecule has 4 rings (SSSR count). The molecular weight excluding hydrogens is 286 g/mol. The molecule has 4 nitrogen and oxygen atoms in total. The molecule has 0 aliphatic heterocycles. The first kappa shape index (κ1) is 13.4. The van der Waals surface area contributed by atoms with E-state index in [2.05, 4.69) is 40.3 Å². The average molecular weight is 299 g/mol. The van der Waals surface area contributed by atoms with E-state index < -0.39 is 5.91 Å². The predicted molar refractivity (Wildman–Crippen MR) is 91.0 cm³/mol. The van der Waals surface area contributed by atoms with Crippen LogP contribution in [0, 0.1) is 0 Å². The smallest absolute Gasteiger partial charge is 0.286 e. The largest absolute Gasteiger partial charge is 0.363 e. The number of nitrogens with two attached hydrogens (primary N) is 1. The van der Waals surface area contributed by atoms with Crippen LogP contribution in [0.15, 0.2) is 66.9 Å². The second-order valence-corrected chi connectivity index (χ2v) is 5.36. The number of nitrogens with zero attached hydrogens (tertiary/aromatic N) is 2. The number of hydrogen-bond acceptors (Lipinski definition) is 3. The lowest BCUT2D eigenvalue weighted by Gasteiger charge is -2.08. The van der Waals surface area contributed by atoms with Crippen molar-refractivity contribution < 1.29 is 4.79 Å². The van der Waals surface area contributed by atoms with Gasteiger partial charge in [-0.2, -0.15) is 0 Å². The van der Waals surface area contributed by atoms with Crippen molar-refractivity contribution in [2.24, 2.45) is 5.73 Å². The van der Waals surface area contributed by atoms with Gasteiger partial charge in [-0.25, -0.2) is 9.97 Å². The van der Waals surface area contributed by atoms with Gasteiger partial charge in [0.25, 0.3) is 5.91 Å². The van der Waals surface area contributed by atoms with Gasteiger partial charge >= 0.3 is 0 Å². The van der Waals surface area contributed by atoms with E-state index in [0.29, 0.717) is 5.69 Å². The zero-order valence-corrected chi connectivity index (χ0v) is 12.2. The molecule has 0 radical (unpaired) electrons. The van der Waals surface area contributed by atoms with Gasteiger partial charge in [0, 0.05) is 11.8 Å². The molecule has 0 saturated heterocycles. The molecule has 0 saturated carbocycles. The molecule has 4 aromatic rings. The number of amides is 1. The fraction of sp³-hybridized carbons (Fsp3) is 0. The van der Waals surface area contributed by atoms with Crippen LogP contribution in [0.5, 0.6) is 0 Å². The molecule has 0 aliphatic rings. The van der Waals surface area contributed by atoms with Gasteiger partial charge in [-0.15, -0.1) is 0 Å². The van der Waals surface area contributed by atoms with Gasteiger partial charge in [-0.3, -0.25) is 4.79 Å². The molecule has 1 aromatic heterocycles. The molecule has 0 spiro atoms. The Bertz CT molecular complexity index is 1060. The van der Waals surface area contributed by atoms with Gasteiger partial charge < -0.3 is 5.73 Å². The van der Waals surface area contributed by atoms with Gasteiger partial charge in [0.2, 0.25) is 5.82 Å². The fourth-order valence-electron chi connectivity index (χ4n) is 2.82. The summed E-state index contributed by atoms with van der Waals surface area (Å²) in [5.41, 5.74) is 6.93. The Morgan fingerprint density at radius 3 is 2.39 bits per heavy atom. The minimum absolute atomic E-state index is 0.0280. The van der Waals surface area contributed by atoms with Gasteiger partial charge in [-0.05, 0) is 39.7 Å². The molecule has 0 aliphatic carbocycles. The number of carbonyl (C=O) groups is 1. The molecule has 3 aromatic carbocycles. The second kappa shape index (κ2) is 5.18. The maximum Gasteiger partial charge on any atom is 0.286 e. The summed E-state index contributed by atoms with van der Waals surface area (Å²) in [6.07, 6.45) is 1.56. The van der Waals surface area contributed by atoms with E-state index in [1.807, 2.05) is 24.3 Å². The molecule has 23 heavy (non-hydrogen) atoms. The van der Waals surface area contributed by atoms with Crippen molar-refractivity contribution in [2.75, 3.05) is 0 Å². The van der Waals surface area contributed by atoms with Crippen LogP contribution in [0.3, 0.4) is 0 Å². The molecule has 0 atom stereocenters. The van der Waals surface area contributed by atoms with Crippen molar-refractivity contribution in [1.82, 2.24) is 9.97 Å². The summed E-state index contributed by atoms with van der Waals surface area (Å²) in [4.78, 5) is 19.5. The van der Waals surface area contributed by atoms with Gasteiger partial charge in [0.05, 0.1) is 5.69 Å².